The number of carboxylic acids is 2. The monoisotopic (exact) mass is 278 g/mol. The Morgan fingerprint density at radius 1 is 1.15 bits per heavy atom. The van der Waals surface area contributed by atoms with Crippen molar-refractivity contribution in [3.05, 3.63) is 35.4 Å². The van der Waals surface area contributed by atoms with Crippen LogP contribution in [0, 0.1) is 0 Å². The van der Waals surface area contributed by atoms with Crippen LogP contribution in [0.3, 0.4) is 0 Å². The lowest BCUT2D eigenvalue weighted by Gasteiger charge is -2.13. The Hall–Kier alpha value is -1.84. The lowest BCUT2D eigenvalue weighted by Crippen LogP contribution is -2.12. The quantitative estimate of drug-likeness (QED) is 0.678. The van der Waals surface area contributed by atoms with E-state index in [1.807, 2.05) is 31.2 Å². The van der Waals surface area contributed by atoms with Gasteiger partial charge in [0.05, 0.1) is 5.92 Å². The zero-order valence-electron chi connectivity index (χ0n) is 11.8. The first-order chi connectivity index (χ1) is 9.54. The van der Waals surface area contributed by atoms with Crippen LogP contribution in [-0.2, 0) is 16.0 Å². The number of benzene rings is 1. The van der Waals surface area contributed by atoms with E-state index in [9.17, 15) is 14.7 Å². The lowest BCUT2D eigenvalue weighted by atomic mass is 9.91. The highest BCUT2D eigenvalue weighted by molar-refractivity contribution is 5.76. The van der Waals surface area contributed by atoms with Crippen molar-refractivity contribution in [3.63, 3.8) is 0 Å². The van der Waals surface area contributed by atoms with E-state index in [1.165, 1.54) is 0 Å². The predicted molar refractivity (Wildman–Crippen MR) is 76.9 cm³/mol. The van der Waals surface area contributed by atoms with Gasteiger partial charge >= 0.3 is 11.9 Å². The molecule has 1 rings (SSSR count). The summed E-state index contributed by atoms with van der Waals surface area (Å²) in [7, 11) is 0. The molecule has 0 aliphatic carbocycles. The molecule has 0 bridgehead atoms. The molecule has 1 aromatic rings. The molecule has 0 radical (unpaired) electrons. The Morgan fingerprint density at radius 2 is 1.90 bits per heavy atom. The molecule has 0 fully saturated rings. The highest BCUT2D eigenvalue weighted by atomic mass is 16.4. The molecule has 0 spiro atoms. The highest BCUT2D eigenvalue weighted by Gasteiger charge is 2.19. The molecule has 0 heterocycles. The van der Waals surface area contributed by atoms with E-state index in [-0.39, 0.29) is 6.42 Å². The molecule has 0 amide bonds. The Balaban J connectivity index is 2.56. The third-order valence-corrected chi connectivity index (χ3v) is 3.44. The van der Waals surface area contributed by atoms with Gasteiger partial charge in [-0.3, -0.25) is 9.59 Å². The van der Waals surface area contributed by atoms with E-state index in [0.717, 1.165) is 30.4 Å². The van der Waals surface area contributed by atoms with Crippen LogP contribution >= 0.6 is 0 Å². The van der Waals surface area contributed by atoms with Crippen molar-refractivity contribution in [2.75, 3.05) is 0 Å². The maximum atomic E-state index is 11.4. The van der Waals surface area contributed by atoms with Gasteiger partial charge < -0.3 is 10.2 Å². The fourth-order valence-corrected chi connectivity index (χ4v) is 2.26. The molecule has 0 aliphatic rings. The van der Waals surface area contributed by atoms with E-state index < -0.39 is 17.9 Å². The molecule has 0 saturated carbocycles. The largest absolute Gasteiger partial charge is 0.481 e. The Morgan fingerprint density at radius 3 is 2.50 bits per heavy atom. The molecule has 1 aromatic carbocycles. The molecular formula is C16H22O4. The standard InChI is InChI=1S/C16H22O4/c1-2-12-7-6-8-13(11-12)14(16(19)20)9-4-3-5-10-15(17)18/h6-8,11,14H,2-5,9-10H2,1H3,(H,17,18)(H,19,20). The molecular weight excluding hydrogens is 256 g/mol. The van der Waals surface area contributed by atoms with Gasteiger partial charge in [-0.2, -0.15) is 0 Å². The molecule has 0 aromatic heterocycles. The summed E-state index contributed by atoms with van der Waals surface area (Å²) in [5.41, 5.74) is 1.98. The fourth-order valence-electron chi connectivity index (χ4n) is 2.26. The van der Waals surface area contributed by atoms with Gasteiger partial charge in [-0.1, -0.05) is 44.0 Å². The van der Waals surface area contributed by atoms with Gasteiger partial charge in [-0.05, 0) is 30.4 Å². The van der Waals surface area contributed by atoms with Gasteiger partial charge in [0, 0.05) is 6.42 Å². The van der Waals surface area contributed by atoms with E-state index in [4.69, 9.17) is 5.11 Å². The van der Waals surface area contributed by atoms with Crippen molar-refractivity contribution in [3.8, 4) is 0 Å². The van der Waals surface area contributed by atoms with E-state index in [0.29, 0.717) is 12.8 Å². The second kappa shape index (κ2) is 8.35. The first-order valence-electron chi connectivity index (χ1n) is 7.08. The molecule has 1 atom stereocenters. The topological polar surface area (TPSA) is 74.6 Å². The van der Waals surface area contributed by atoms with Crippen LogP contribution in [0.5, 0.6) is 0 Å². The summed E-state index contributed by atoms with van der Waals surface area (Å²) < 4.78 is 0. The number of hydrogen-bond acceptors (Lipinski definition) is 2. The van der Waals surface area contributed by atoms with Crippen LogP contribution in [0.2, 0.25) is 0 Å². The predicted octanol–water partition coefficient (Wildman–Crippen LogP) is 3.45. The number of carboxylic acid groups (broad SMARTS) is 2. The third kappa shape index (κ3) is 5.43. The molecule has 4 nitrogen and oxygen atoms in total. The molecule has 110 valence electrons. The third-order valence-electron chi connectivity index (χ3n) is 3.44. The molecule has 1 unspecified atom stereocenters. The smallest absolute Gasteiger partial charge is 0.310 e. The van der Waals surface area contributed by atoms with E-state index in [2.05, 4.69) is 0 Å². The summed E-state index contributed by atoms with van der Waals surface area (Å²) in [4.78, 5) is 21.8. The number of unbranched alkanes of at least 4 members (excludes halogenated alkanes) is 2. The van der Waals surface area contributed by atoms with Crippen LogP contribution < -0.4 is 0 Å². The molecule has 2 N–H and O–H groups in total. The van der Waals surface area contributed by atoms with Gasteiger partial charge in [0.25, 0.3) is 0 Å². The molecule has 20 heavy (non-hydrogen) atoms. The summed E-state index contributed by atoms with van der Waals surface area (Å²) >= 11 is 0. The van der Waals surface area contributed by atoms with Crippen LogP contribution in [0.25, 0.3) is 0 Å². The molecule has 0 saturated heterocycles. The molecule has 0 aliphatic heterocycles. The van der Waals surface area contributed by atoms with Gasteiger partial charge in [-0.15, -0.1) is 0 Å². The minimum Gasteiger partial charge on any atom is -0.481 e. The normalized spacial score (nSPS) is 12.1. The first-order valence-corrected chi connectivity index (χ1v) is 7.08. The van der Waals surface area contributed by atoms with Gasteiger partial charge in [0.1, 0.15) is 0 Å². The number of rotatable bonds is 9. The van der Waals surface area contributed by atoms with Gasteiger partial charge in [-0.25, -0.2) is 0 Å². The van der Waals surface area contributed by atoms with Crippen LogP contribution in [0.15, 0.2) is 24.3 Å². The summed E-state index contributed by atoms with van der Waals surface area (Å²) in [6.45, 7) is 2.04. The number of carbonyl (C=O) groups is 2. The number of aliphatic carboxylic acids is 2. The van der Waals surface area contributed by atoms with Crippen molar-refractivity contribution in [2.45, 2.75) is 51.4 Å². The summed E-state index contributed by atoms with van der Waals surface area (Å²) in [5, 5.41) is 17.9. The Bertz CT molecular complexity index is 454. The van der Waals surface area contributed by atoms with Gasteiger partial charge in [0.15, 0.2) is 0 Å². The van der Waals surface area contributed by atoms with Crippen molar-refractivity contribution >= 4 is 11.9 Å². The zero-order chi connectivity index (χ0) is 15.0. The van der Waals surface area contributed by atoms with E-state index in [1.54, 1.807) is 0 Å². The average Bonchev–Trinajstić information content (AvgIpc) is 2.42. The maximum absolute atomic E-state index is 11.4. The maximum Gasteiger partial charge on any atom is 0.310 e. The van der Waals surface area contributed by atoms with Crippen LogP contribution in [0.1, 0.15) is 56.1 Å². The van der Waals surface area contributed by atoms with Crippen molar-refractivity contribution in [2.24, 2.45) is 0 Å². The molecule has 4 heteroatoms. The average molecular weight is 278 g/mol. The summed E-state index contributed by atoms with van der Waals surface area (Å²) in [5.74, 6) is -2.10. The zero-order valence-corrected chi connectivity index (χ0v) is 11.8. The van der Waals surface area contributed by atoms with Crippen molar-refractivity contribution < 1.29 is 19.8 Å². The highest BCUT2D eigenvalue weighted by Crippen LogP contribution is 2.24. The SMILES string of the molecule is CCc1cccc(C(CCCCCC(=O)O)C(=O)O)c1. The van der Waals surface area contributed by atoms with E-state index >= 15 is 0 Å². The Labute approximate surface area is 119 Å². The summed E-state index contributed by atoms with van der Waals surface area (Å²) in [6, 6.07) is 7.70. The van der Waals surface area contributed by atoms with Crippen molar-refractivity contribution in [1.29, 1.82) is 0 Å². The first kappa shape index (κ1) is 16.2. The van der Waals surface area contributed by atoms with Crippen LogP contribution in [0.4, 0.5) is 0 Å². The summed E-state index contributed by atoms with van der Waals surface area (Å²) in [6.07, 6.45) is 3.70. The fraction of sp³-hybridized carbons (Fsp3) is 0.500. The second-order valence-electron chi connectivity index (χ2n) is 4.98. The minimum absolute atomic E-state index is 0.156. The number of aryl methyl sites for hydroxylation is 1. The minimum atomic E-state index is -0.809. The van der Waals surface area contributed by atoms with Crippen molar-refractivity contribution in [1.82, 2.24) is 0 Å². The Kier molecular flexibility index (Phi) is 6.77. The number of hydrogen-bond donors (Lipinski definition) is 2. The lowest BCUT2D eigenvalue weighted by molar-refractivity contribution is -0.139. The second-order valence-corrected chi connectivity index (χ2v) is 4.98. The van der Waals surface area contributed by atoms with Gasteiger partial charge in [0.2, 0.25) is 0 Å². The van der Waals surface area contributed by atoms with Crippen LogP contribution in [-0.4, -0.2) is 22.2 Å².